The number of piperidine rings is 1. The number of likely N-dealkylation sites (tertiary alicyclic amines) is 1. The van der Waals surface area contributed by atoms with Gasteiger partial charge in [0.15, 0.2) is 5.69 Å². The topological polar surface area (TPSA) is 63.5 Å². The molecule has 0 aliphatic carbocycles. The number of carbonyl (C=O) groups excluding carboxylic acids is 1. The Labute approximate surface area is 239 Å². The molecule has 5 rings (SSSR count). The molecule has 1 saturated heterocycles. The first-order valence-corrected chi connectivity index (χ1v) is 14.5. The first-order valence-electron chi connectivity index (χ1n) is 14.5. The molecule has 1 fully saturated rings. The molecule has 2 aromatic heterocycles. The Balaban J connectivity index is 1.23. The fourth-order valence-corrected chi connectivity index (χ4v) is 6.11. The van der Waals surface area contributed by atoms with Crippen LogP contribution in [0.1, 0.15) is 55.3 Å². The Hall–Kier alpha value is -3.40. The summed E-state index contributed by atoms with van der Waals surface area (Å²) in [5.74, 6) is 0.940. The zero-order valence-electron chi connectivity index (χ0n) is 23.4. The second-order valence-electron chi connectivity index (χ2n) is 11.3. The maximum Gasteiger partial charge on any atom is 0.435 e. The fourth-order valence-electron chi connectivity index (χ4n) is 6.11. The van der Waals surface area contributed by atoms with E-state index in [1.807, 2.05) is 23.2 Å². The standard InChI is InChI=1S/C31H38F3N5O2/c32-31(33,34)28-10-16-39(36-28)17-11-29(40)38-18-13-30(14-19-38)12-4-3-8-26-7-1-2-9-27(26)41-21-20-37(24-30)23-25-6-5-15-35-22-25/h1-2,5-7,9-10,15-16,22H,3-4,8,11-14,17-21,23-24H2. The summed E-state index contributed by atoms with van der Waals surface area (Å²) in [5, 5.41) is 3.57. The van der Waals surface area contributed by atoms with Crippen LogP contribution in [0.3, 0.4) is 0 Å². The summed E-state index contributed by atoms with van der Waals surface area (Å²) < 4.78 is 46.0. The Morgan fingerprint density at radius 3 is 2.59 bits per heavy atom. The van der Waals surface area contributed by atoms with Crippen LogP contribution in [0.25, 0.3) is 0 Å². The third kappa shape index (κ3) is 7.87. The third-order valence-corrected chi connectivity index (χ3v) is 8.39. The first-order chi connectivity index (χ1) is 19.8. The molecule has 220 valence electrons. The first kappa shape index (κ1) is 29.1. The normalized spacial score (nSPS) is 18.7. The average Bonchev–Trinajstić information content (AvgIpc) is 3.45. The van der Waals surface area contributed by atoms with E-state index >= 15 is 0 Å². The summed E-state index contributed by atoms with van der Waals surface area (Å²) in [4.78, 5) is 21.7. The molecule has 10 heteroatoms. The second-order valence-corrected chi connectivity index (χ2v) is 11.3. The highest BCUT2D eigenvalue weighted by atomic mass is 19.4. The number of amides is 1. The number of fused-ring (bicyclic) bond motifs is 1. The lowest BCUT2D eigenvalue weighted by Crippen LogP contribution is -2.48. The van der Waals surface area contributed by atoms with E-state index in [4.69, 9.17) is 4.74 Å². The SMILES string of the molecule is O=C(CCn1ccc(C(F)(F)F)n1)N1CCC2(CCCCc3ccccc3OCCN(Cc3cccnc3)C2)CC1. The quantitative estimate of drug-likeness (QED) is 0.400. The number of hydrogen-bond acceptors (Lipinski definition) is 5. The molecule has 1 aromatic carbocycles. The van der Waals surface area contributed by atoms with Crippen LogP contribution in [0.2, 0.25) is 0 Å². The molecule has 1 amide bonds. The Kier molecular flexibility index (Phi) is 9.27. The van der Waals surface area contributed by atoms with Gasteiger partial charge in [0, 0.05) is 64.3 Å². The molecule has 41 heavy (non-hydrogen) atoms. The summed E-state index contributed by atoms with van der Waals surface area (Å²) in [6, 6.07) is 13.3. The van der Waals surface area contributed by atoms with Crippen molar-refractivity contribution >= 4 is 5.91 Å². The number of alkyl halides is 3. The van der Waals surface area contributed by atoms with Crippen LogP contribution >= 0.6 is 0 Å². The highest BCUT2D eigenvalue weighted by Crippen LogP contribution is 2.39. The Morgan fingerprint density at radius 2 is 1.83 bits per heavy atom. The molecule has 4 heterocycles. The van der Waals surface area contributed by atoms with Gasteiger partial charge in [-0.05, 0) is 66.8 Å². The molecule has 2 aliphatic rings. The molecule has 0 radical (unpaired) electrons. The number of pyridine rings is 1. The zero-order valence-corrected chi connectivity index (χ0v) is 23.4. The summed E-state index contributed by atoms with van der Waals surface area (Å²) in [5.41, 5.74) is 1.56. The lowest BCUT2D eigenvalue weighted by atomic mass is 9.73. The summed E-state index contributed by atoms with van der Waals surface area (Å²) in [6.45, 7) is 4.54. The molecule has 0 unspecified atom stereocenters. The van der Waals surface area contributed by atoms with Crippen molar-refractivity contribution in [1.29, 1.82) is 0 Å². The number of benzene rings is 1. The van der Waals surface area contributed by atoms with E-state index in [-0.39, 0.29) is 24.3 Å². The van der Waals surface area contributed by atoms with Crippen LogP contribution in [0.5, 0.6) is 5.75 Å². The van der Waals surface area contributed by atoms with Crippen molar-refractivity contribution in [2.24, 2.45) is 5.41 Å². The molecular formula is C31H38F3N5O2. The minimum absolute atomic E-state index is 0.0331. The minimum Gasteiger partial charge on any atom is -0.492 e. The third-order valence-electron chi connectivity index (χ3n) is 8.39. The van der Waals surface area contributed by atoms with Crippen molar-refractivity contribution in [3.05, 3.63) is 77.9 Å². The molecular weight excluding hydrogens is 531 g/mol. The van der Waals surface area contributed by atoms with E-state index in [0.29, 0.717) is 19.7 Å². The van der Waals surface area contributed by atoms with Crippen LogP contribution in [-0.4, -0.2) is 63.3 Å². The number of carbonyl (C=O) groups is 1. The molecule has 0 bridgehead atoms. The van der Waals surface area contributed by atoms with Gasteiger partial charge in [-0.25, -0.2) is 0 Å². The van der Waals surface area contributed by atoms with E-state index in [9.17, 15) is 18.0 Å². The molecule has 3 aromatic rings. The Bertz CT molecular complexity index is 1270. The van der Waals surface area contributed by atoms with Gasteiger partial charge < -0.3 is 9.64 Å². The van der Waals surface area contributed by atoms with E-state index in [1.54, 1.807) is 6.20 Å². The van der Waals surface area contributed by atoms with Crippen molar-refractivity contribution in [2.45, 2.75) is 64.2 Å². The van der Waals surface area contributed by atoms with Gasteiger partial charge in [-0.2, -0.15) is 18.3 Å². The van der Waals surface area contributed by atoms with E-state index in [2.05, 4.69) is 39.2 Å². The van der Waals surface area contributed by atoms with Crippen molar-refractivity contribution in [3.63, 3.8) is 0 Å². The van der Waals surface area contributed by atoms with Gasteiger partial charge in [0.2, 0.25) is 5.91 Å². The monoisotopic (exact) mass is 569 g/mol. The highest BCUT2D eigenvalue weighted by molar-refractivity contribution is 5.76. The van der Waals surface area contributed by atoms with Gasteiger partial charge >= 0.3 is 6.18 Å². The molecule has 0 N–H and O–H groups in total. The summed E-state index contributed by atoms with van der Waals surface area (Å²) in [7, 11) is 0. The summed E-state index contributed by atoms with van der Waals surface area (Å²) >= 11 is 0. The molecule has 1 spiro atoms. The van der Waals surface area contributed by atoms with Crippen LogP contribution in [0, 0.1) is 5.41 Å². The van der Waals surface area contributed by atoms with Crippen LogP contribution in [0.4, 0.5) is 13.2 Å². The van der Waals surface area contributed by atoms with Gasteiger partial charge in [-0.15, -0.1) is 0 Å². The smallest absolute Gasteiger partial charge is 0.435 e. The van der Waals surface area contributed by atoms with Crippen LogP contribution < -0.4 is 4.74 Å². The predicted molar refractivity (Wildman–Crippen MR) is 149 cm³/mol. The van der Waals surface area contributed by atoms with Crippen molar-refractivity contribution in [1.82, 2.24) is 24.6 Å². The average molecular weight is 570 g/mol. The maximum absolute atomic E-state index is 13.0. The van der Waals surface area contributed by atoms with Crippen molar-refractivity contribution < 1.29 is 22.7 Å². The van der Waals surface area contributed by atoms with E-state index < -0.39 is 11.9 Å². The second kappa shape index (κ2) is 13.1. The molecule has 0 atom stereocenters. The molecule has 7 nitrogen and oxygen atoms in total. The lowest BCUT2D eigenvalue weighted by Gasteiger charge is -2.45. The lowest BCUT2D eigenvalue weighted by molar-refractivity contribution is -0.141. The number of halogens is 3. The molecule has 2 aliphatic heterocycles. The van der Waals surface area contributed by atoms with Crippen molar-refractivity contribution in [3.8, 4) is 5.75 Å². The van der Waals surface area contributed by atoms with Gasteiger partial charge in [0.1, 0.15) is 12.4 Å². The minimum atomic E-state index is -4.48. The van der Waals surface area contributed by atoms with E-state index in [1.165, 1.54) is 16.4 Å². The number of aryl methyl sites for hydroxylation is 2. The number of aromatic nitrogens is 3. The van der Waals surface area contributed by atoms with Crippen molar-refractivity contribution in [2.75, 3.05) is 32.8 Å². The predicted octanol–water partition coefficient (Wildman–Crippen LogP) is 5.60. The number of para-hydroxylation sites is 1. The maximum atomic E-state index is 13.0. The fraction of sp³-hybridized carbons (Fsp3) is 0.516. The molecule has 0 saturated carbocycles. The highest BCUT2D eigenvalue weighted by Gasteiger charge is 2.37. The number of nitrogens with zero attached hydrogens (tertiary/aromatic N) is 5. The van der Waals surface area contributed by atoms with Gasteiger partial charge in [0.25, 0.3) is 0 Å². The number of hydrogen-bond donors (Lipinski definition) is 0. The van der Waals surface area contributed by atoms with Crippen LogP contribution in [-0.2, 0) is 30.5 Å². The van der Waals surface area contributed by atoms with Gasteiger partial charge in [-0.1, -0.05) is 30.7 Å². The zero-order chi connectivity index (χ0) is 28.7. The number of ether oxygens (including phenoxy) is 1. The van der Waals surface area contributed by atoms with Gasteiger partial charge in [0.05, 0.1) is 0 Å². The van der Waals surface area contributed by atoms with Gasteiger partial charge in [-0.3, -0.25) is 19.4 Å². The Morgan fingerprint density at radius 1 is 1.00 bits per heavy atom. The largest absolute Gasteiger partial charge is 0.492 e. The van der Waals surface area contributed by atoms with Crippen LogP contribution in [0.15, 0.2) is 61.1 Å². The summed E-state index contributed by atoms with van der Waals surface area (Å²) in [6.07, 6.45) is 6.70. The number of rotatable bonds is 5. The van der Waals surface area contributed by atoms with E-state index in [0.717, 1.165) is 75.5 Å².